The third kappa shape index (κ3) is 5.66. The van der Waals surface area contributed by atoms with Crippen LogP contribution < -0.4 is 11.1 Å². The molecule has 1 amide bonds. The van der Waals surface area contributed by atoms with Crippen molar-refractivity contribution < 1.29 is 9.59 Å². The lowest BCUT2D eigenvalue weighted by Crippen LogP contribution is -2.40. The van der Waals surface area contributed by atoms with Gasteiger partial charge in [0.05, 0.1) is 28.0 Å². The molecule has 2 aromatic heterocycles. The second-order valence-electron chi connectivity index (χ2n) is 5.53. The molecular formula is C19H24N4O2S2. The summed E-state index contributed by atoms with van der Waals surface area (Å²) < 4.78 is 0.959. The maximum Gasteiger partial charge on any atom is 0.263 e. The number of nitrogens with one attached hydrogen (secondary N) is 1. The van der Waals surface area contributed by atoms with Gasteiger partial charge in [-0.15, -0.1) is 22.7 Å². The molecule has 6 nitrogen and oxygen atoms in total. The number of amides is 1. The van der Waals surface area contributed by atoms with Crippen LogP contribution in [0.15, 0.2) is 36.0 Å². The van der Waals surface area contributed by atoms with Crippen LogP contribution in [0.5, 0.6) is 0 Å². The number of carbonyl (C=O) groups is 2. The van der Waals surface area contributed by atoms with Crippen molar-refractivity contribution in [3.8, 4) is 0 Å². The smallest absolute Gasteiger partial charge is 0.263 e. The molecule has 0 bridgehead atoms. The Bertz CT molecular complexity index is 829. The lowest BCUT2D eigenvalue weighted by atomic mass is 10.1. The number of nitrogens with two attached hydrogens (primary N) is 1. The van der Waals surface area contributed by atoms with Crippen LogP contribution in [0.4, 0.5) is 0 Å². The van der Waals surface area contributed by atoms with E-state index in [4.69, 9.17) is 5.73 Å². The zero-order valence-corrected chi connectivity index (χ0v) is 17.1. The summed E-state index contributed by atoms with van der Waals surface area (Å²) >= 11 is 2.60. The van der Waals surface area contributed by atoms with Crippen molar-refractivity contribution >= 4 is 44.6 Å². The zero-order chi connectivity index (χ0) is 19.6. The number of para-hydroxylation sites is 1. The van der Waals surface area contributed by atoms with E-state index in [1.807, 2.05) is 38.1 Å². The van der Waals surface area contributed by atoms with E-state index in [1.165, 1.54) is 28.9 Å². The van der Waals surface area contributed by atoms with Crippen molar-refractivity contribution in [3.63, 3.8) is 0 Å². The van der Waals surface area contributed by atoms with Gasteiger partial charge in [0.15, 0.2) is 5.01 Å². The second-order valence-corrected chi connectivity index (χ2v) is 7.44. The summed E-state index contributed by atoms with van der Waals surface area (Å²) in [7, 11) is 0. The molecule has 0 fully saturated rings. The van der Waals surface area contributed by atoms with Crippen LogP contribution in [0.2, 0.25) is 0 Å². The van der Waals surface area contributed by atoms with Crippen molar-refractivity contribution in [2.45, 2.75) is 39.2 Å². The van der Waals surface area contributed by atoms with Crippen LogP contribution in [0.25, 0.3) is 10.2 Å². The average Bonchev–Trinajstić information content (AvgIpc) is 3.38. The van der Waals surface area contributed by atoms with Crippen LogP contribution in [0.1, 0.15) is 52.6 Å². The molecule has 1 atom stereocenters. The summed E-state index contributed by atoms with van der Waals surface area (Å²) in [6, 6.07) is 7.01. The summed E-state index contributed by atoms with van der Waals surface area (Å²) in [4.78, 5) is 34.0. The van der Waals surface area contributed by atoms with Crippen LogP contribution in [0, 0.1) is 0 Å². The lowest BCUT2D eigenvalue weighted by molar-refractivity contribution is 0.0853. The number of Topliss-reactive ketones (excluding diaryl/α,β-unsaturated/α-hetero) is 1. The SMILES string of the molecule is CC.NCCCCC(NC(=O)c1cncs1)C(=O)c1nc2ccccc2s1. The number of nitrogens with zero attached hydrogens (tertiary/aromatic N) is 2. The Kier molecular flexibility index (Phi) is 8.50. The van der Waals surface area contributed by atoms with Gasteiger partial charge in [-0.1, -0.05) is 26.0 Å². The Balaban J connectivity index is 0.00000126. The number of fused-ring (bicyclic) bond motifs is 1. The molecule has 0 aliphatic rings. The minimum absolute atomic E-state index is 0.156. The van der Waals surface area contributed by atoms with Crippen LogP contribution in [0.3, 0.4) is 0 Å². The first kappa shape index (κ1) is 21.1. The molecule has 3 aromatic rings. The Morgan fingerprint density at radius 3 is 2.67 bits per heavy atom. The Morgan fingerprint density at radius 1 is 1.22 bits per heavy atom. The molecule has 0 aliphatic carbocycles. The molecule has 2 heterocycles. The van der Waals surface area contributed by atoms with E-state index < -0.39 is 6.04 Å². The topological polar surface area (TPSA) is 98.0 Å². The summed E-state index contributed by atoms with van der Waals surface area (Å²) in [6.07, 6.45) is 3.61. The number of hydrogen-bond acceptors (Lipinski definition) is 7. The third-order valence-corrected chi connectivity index (χ3v) is 5.55. The number of benzene rings is 1. The van der Waals surface area contributed by atoms with Crippen LogP contribution >= 0.6 is 22.7 Å². The number of carbonyl (C=O) groups excluding carboxylic acids is 2. The van der Waals surface area contributed by atoms with Gasteiger partial charge in [0.2, 0.25) is 5.78 Å². The summed E-state index contributed by atoms with van der Waals surface area (Å²) in [5.41, 5.74) is 7.93. The largest absolute Gasteiger partial charge is 0.341 e. The minimum atomic E-state index is -0.610. The van der Waals surface area contributed by atoms with Crippen LogP contribution in [-0.4, -0.2) is 34.2 Å². The Hall–Kier alpha value is -2.16. The van der Waals surface area contributed by atoms with Gasteiger partial charge in [-0.25, -0.2) is 4.98 Å². The summed E-state index contributed by atoms with van der Waals surface area (Å²) in [5.74, 6) is -0.439. The van der Waals surface area contributed by atoms with E-state index in [-0.39, 0.29) is 11.7 Å². The number of aromatic nitrogens is 2. The Morgan fingerprint density at radius 2 is 2.00 bits per heavy atom. The molecule has 0 saturated carbocycles. The van der Waals surface area contributed by atoms with Gasteiger partial charge in [0, 0.05) is 0 Å². The molecule has 1 unspecified atom stereocenters. The Labute approximate surface area is 166 Å². The molecule has 1 aromatic carbocycles. The highest BCUT2D eigenvalue weighted by atomic mass is 32.1. The minimum Gasteiger partial charge on any atom is -0.341 e. The molecule has 3 rings (SSSR count). The highest BCUT2D eigenvalue weighted by Gasteiger charge is 2.25. The monoisotopic (exact) mass is 404 g/mol. The van der Waals surface area contributed by atoms with E-state index in [0.29, 0.717) is 22.9 Å². The van der Waals surface area contributed by atoms with E-state index in [0.717, 1.165) is 23.1 Å². The maximum atomic E-state index is 12.9. The fraction of sp³-hybridized carbons (Fsp3) is 0.368. The molecule has 0 radical (unpaired) electrons. The predicted molar refractivity (Wildman–Crippen MR) is 112 cm³/mol. The fourth-order valence-corrected chi connectivity index (χ4v) is 3.93. The normalized spacial score (nSPS) is 11.5. The van der Waals surface area contributed by atoms with Crippen molar-refractivity contribution in [2.24, 2.45) is 5.73 Å². The summed E-state index contributed by atoms with van der Waals surface area (Å²) in [6.45, 7) is 4.56. The predicted octanol–water partition coefficient (Wildman–Crippen LogP) is 3.89. The quantitative estimate of drug-likeness (QED) is 0.438. The van der Waals surface area contributed by atoms with Crippen LogP contribution in [-0.2, 0) is 0 Å². The average molecular weight is 405 g/mol. The third-order valence-electron chi connectivity index (χ3n) is 3.73. The number of ketones is 1. The second kappa shape index (κ2) is 10.9. The maximum absolute atomic E-state index is 12.9. The highest BCUT2D eigenvalue weighted by molar-refractivity contribution is 7.20. The van der Waals surface area contributed by atoms with Gasteiger partial charge in [-0.2, -0.15) is 0 Å². The van der Waals surface area contributed by atoms with Crippen molar-refractivity contribution in [3.05, 3.63) is 45.9 Å². The molecule has 0 spiro atoms. The van der Waals surface area contributed by atoms with Gasteiger partial charge in [-0.05, 0) is 37.9 Å². The van der Waals surface area contributed by atoms with Gasteiger partial charge in [-0.3, -0.25) is 14.6 Å². The number of hydrogen-bond donors (Lipinski definition) is 2. The molecule has 0 aliphatic heterocycles. The summed E-state index contributed by atoms with van der Waals surface area (Å²) in [5, 5.41) is 3.25. The highest BCUT2D eigenvalue weighted by Crippen LogP contribution is 2.23. The number of rotatable bonds is 8. The molecule has 3 N–H and O–H groups in total. The first-order valence-corrected chi connectivity index (χ1v) is 10.7. The zero-order valence-electron chi connectivity index (χ0n) is 15.5. The first-order valence-electron chi connectivity index (χ1n) is 8.98. The molecule has 0 saturated heterocycles. The van der Waals surface area contributed by atoms with E-state index in [1.54, 1.807) is 5.51 Å². The van der Waals surface area contributed by atoms with Gasteiger partial charge < -0.3 is 11.1 Å². The van der Waals surface area contributed by atoms with E-state index >= 15 is 0 Å². The molecule has 27 heavy (non-hydrogen) atoms. The number of thiazole rings is 2. The number of unbranched alkanes of at least 4 members (excludes halogenated alkanes) is 1. The molecule has 144 valence electrons. The first-order chi connectivity index (χ1) is 13.2. The van der Waals surface area contributed by atoms with Crippen molar-refractivity contribution in [1.29, 1.82) is 0 Å². The van der Waals surface area contributed by atoms with Gasteiger partial charge in [0.1, 0.15) is 4.88 Å². The molecule has 8 heteroatoms. The molecular weight excluding hydrogens is 380 g/mol. The van der Waals surface area contributed by atoms with Crippen molar-refractivity contribution in [1.82, 2.24) is 15.3 Å². The van der Waals surface area contributed by atoms with Gasteiger partial charge >= 0.3 is 0 Å². The van der Waals surface area contributed by atoms with Gasteiger partial charge in [0.25, 0.3) is 5.91 Å². The lowest BCUT2D eigenvalue weighted by Gasteiger charge is -2.15. The van der Waals surface area contributed by atoms with Crippen molar-refractivity contribution in [2.75, 3.05) is 6.54 Å². The van der Waals surface area contributed by atoms with E-state index in [9.17, 15) is 9.59 Å². The standard InChI is InChI=1S/C17H18N4O2S2.C2H6/c18-8-4-3-6-12(20-16(23)14-9-19-10-24-14)15(22)17-21-11-5-1-2-7-13(11)25-17;1-2/h1-2,5,7,9-10,12H,3-4,6,8,18H2,(H,20,23);1-2H3. The van der Waals surface area contributed by atoms with E-state index in [2.05, 4.69) is 15.3 Å². The fourth-order valence-electron chi connectivity index (χ4n) is 2.45.